The molecule has 1 aromatic heterocycles. The summed E-state index contributed by atoms with van der Waals surface area (Å²) in [5.41, 5.74) is 0.635. The molecular formula is C15H17FO2. The van der Waals surface area contributed by atoms with Crippen LogP contribution in [-0.2, 0) is 0 Å². The van der Waals surface area contributed by atoms with E-state index in [0.717, 1.165) is 24.6 Å². The van der Waals surface area contributed by atoms with Crippen LogP contribution in [0.3, 0.4) is 0 Å². The molecule has 18 heavy (non-hydrogen) atoms. The maximum atomic E-state index is 13.1. The number of benzene rings is 1. The van der Waals surface area contributed by atoms with E-state index in [1.165, 1.54) is 12.1 Å². The monoisotopic (exact) mass is 248 g/mol. The number of rotatable bonds is 2. The lowest BCUT2D eigenvalue weighted by Gasteiger charge is -2.20. The molecule has 1 saturated carbocycles. The van der Waals surface area contributed by atoms with E-state index in [2.05, 4.69) is 6.92 Å². The Morgan fingerprint density at radius 1 is 1.33 bits per heavy atom. The van der Waals surface area contributed by atoms with Gasteiger partial charge in [0.1, 0.15) is 23.3 Å². The fourth-order valence-corrected chi connectivity index (χ4v) is 3.03. The predicted molar refractivity (Wildman–Crippen MR) is 67.6 cm³/mol. The molecule has 1 heterocycles. The summed E-state index contributed by atoms with van der Waals surface area (Å²) in [5.74, 6) is 1.06. The molecule has 3 atom stereocenters. The summed E-state index contributed by atoms with van der Waals surface area (Å²) in [6.07, 6.45) is 2.79. The second kappa shape index (κ2) is 4.39. The van der Waals surface area contributed by atoms with Gasteiger partial charge in [-0.25, -0.2) is 4.39 Å². The van der Waals surface area contributed by atoms with Crippen LogP contribution in [0.2, 0.25) is 0 Å². The van der Waals surface area contributed by atoms with Gasteiger partial charge < -0.3 is 9.52 Å². The van der Waals surface area contributed by atoms with Crippen LogP contribution in [0.5, 0.6) is 0 Å². The molecule has 0 amide bonds. The van der Waals surface area contributed by atoms with E-state index in [-0.39, 0.29) is 11.7 Å². The minimum atomic E-state index is -0.571. The maximum Gasteiger partial charge on any atom is 0.134 e. The van der Waals surface area contributed by atoms with Crippen LogP contribution < -0.4 is 0 Å². The quantitative estimate of drug-likeness (QED) is 0.870. The first-order valence-electron chi connectivity index (χ1n) is 6.52. The summed E-state index contributed by atoms with van der Waals surface area (Å²) in [6, 6.07) is 6.18. The molecule has 3 heteroatoms. The van der Waals surface area contributed by atoms with E-state index in [0.29, 0.717) is 17.3 Å². The van der Waals surface area contributed by atoms with Crippen molar-refractivity contribution in [2.75, 3.05) is 0 Å². The molecule has 96 valence electrons. The molecule has 3 rings (SSSR count). The van der Waals surface area contributed by atoms with Crippen molar-refractivity contribution in [1.29, 1.82) is 0 Å². The van der Waals surface area contributed by atoms with Gasteiger partial charge >= 0.3 is 0 Å². The molecule has 0 saturated heterocycles. The second-order valence-electron chi connectivity index (χ2n) is 5.35. The van der Waals surface area contributed by atoms with Crippen molar-refractivity contribution in [3.05, 3.63) is 35.8 Å². The Morgan fingerprint density at radius 2 is 2.17 bits per heavy atom. The molecule has 1 aliphatic rings. The van der Waals surface area contributed by atoms with Gasteiger partial charge in [-0.2, -0.15) is 0 Å². The second-order valence-corrected chi connectivity index (χ2v) is 5.35. The van der Waals surface area contributed by atoms with Gasteiger partial charge in [-0.1, -0.05) is 19.8 Å². The average Bonchev–Trinajstić information content (AvgIpc) is 2.93. The number of fused-ring (bicyclic) bond motifs is 1. The first kappa shape index (κ1) is 11.7. The van der Waals surface area contributed by atoms with Gasteiger partial charge in [0.15, 0.2) is 0 Å². The highest BCUT2D eigenvalue weighted by atomic mass is 19.1. The van der Waals surface area contributed by atoms with Crippen molar-refractivity contribution in [3.63, 3.8) is 0 Å². The third-order valence-corrected chi connectivity index (χ3v) is 4.12. The number of aliphatic hydroxyl groups excluding tert-OH is 1. The number of halogens is 1. The van der Waals surface area contributed by atoms with E-state index in [9.17, 15) is 9.50 Å². The number of aliphatic hydroxyl groups is 1. The molecule has 1 aliphatic carbocycles. The van der Waals surface area contributed by atoms with Crippen LogP contribution in [0.4, 0.5) is 4.39 Å². The van der Waals surface area contributed by atoms with Gasteiger partial charge in [0.25, 0.3) is 0 Å². The highest BCUT2D eigenvalue weighted by Crippen LogP contribution is 2.41. The van der Waals surface area contributed by atoms with Crippen molar-refractivity contribution < 1.29 is 13.9 Å². The topological polar surface area (TPSA) is 33.4 Å². The van der Waals surface area contributed by atoms with E-state index >= 15 is 0 Å². The number of hydrogen-bond acceptors (Lipinski definition) is 2. The minimum absolute atomic E-state index is 0.260. The van der Waals surface area contributed by atoms with Crippen LogP contribution in [0.25, 0.3) is 11.0 Å². The molecular weight excluding hydrogens is 231 g/mol. The summed E-state index contributed by atoms with van der Waals surface area (Å²) in [7, 11) is 0. The third kappa shape index (κ3) is 1.93. The Balaban J connectivity index is 1.93. The summed E-state index contributed by atoms with van der Waals surface area (Å²) >= 11 is 0. The zero-order valence-electron chi connectivity index (χ0n) is 10.4. The average molecular weight is 248 g/mol. The zero-order chi connectivity index (χ0) is 12.7. The van der Waals surface area contributed by atoms with Crippen molar-refractivity contribution >= 4 is 11.0 Å². The Labute approximate surface area is 105 Å². The maximum absolute atomic E-state index is 13.1. The molecule has 0 spiro atoms. The molecule has 2 aromatic rings. The molecule has 1 N–H and O–H groups in total. The molecule has 0 aliphatic heterocycles. The van der Waals surface area contributed by atoms with Crippen LogP contribution >= 0.6 is 0 Å². The van der Waals surface area contributed by atoms with Crippen molar-refractivity contribution in [1.82, 2.24) is 0 Å². The molecule has 1 aromatic carbocycles. The van der Waals surface area contributed by atoms with Gasteiger partial charge in [0.2, 0.25) is 0 Å². The number of hydrogen-bond donors (Lipinski definition) is 1. The molecule has 1 fully saturated rings. The zero-order valence-corrected chi connectivity index (χ0v) is 10.4. The lowest BCUT2D eigenvalue weighted by atomic mass is 9.91. The van der Waals surface area contributed by atoms with Gasteiger partial charge in [-0.05, 0) is 42.5 Å². The minimum Gasteiger partial charge on any atom is -0.458 e. The molecule has 0 bridgehead atoms. The Morgan fingerprint density at radius 3 is 2.89 bits per heavy atom. The van der Waals surface area contributed by atoms with E-state index < -0.39 is 6.10 Å². The van der Waals surface area contributed by atoms with Crippen LogP contribution in [0.1, 0.15) is 38.1 Å². The molecule has 3 unspecified atom stereocenters. The fraction of sp³-hybridized carbons (Fsp3) is 0.467. The van der Waals surface area contributed by atoms with E-state index in [4.69, 9.17) is 4.42 Å². The number of furan rings is 1. The SMILES string of the molecule is CC1CCCC1C(O)c1cc2cc(F)ccc2o1. The lowest BCUT2D eigenvalue weighted by Crippen LogP contribution is -2.14. The fourth-order valence-electron chi connectivity index (χ4n) is 3.03. The third-order valence-electron chi connectivity index (χ3n) is 4.12. The standard InChI is InChI=1S/C15H17FO2/c1-9-3-2-4-12(9)15(17)14-8-10-7-11(16)5-6-13(10)18-14/h5-9,12,15,17H,2-4H2,1H3. The smallest absolute Gasteiger partial charge is 0.134 e. The van der Waals surface area contributed by atoms with Crippen LogP contribution in [-0.4, -0.2) is 5.11 Å². The summed E-state index contributed by atoms with van der Waals surface area (Å²) in [6.45, 7) is 2.17. The normalized spacial score (nSPS) is 25.7. The van der Waals surface area contributed by atoms with E-state index in [1.54, 1.807) is 12.1 Å². The molecule has 2 nitrogen and oxygen atoms in total. The largest absolute Gasteiger partial charge is 0.458 e. The Kier molecular flexibility index (Phi) is 2.86. The summed E-state index contributed by atoms with van der Waals surface area (Å²) < 4.78 is 18.7. The van der Waals surface area contributed by atoms with Crippen LogP contribution in [0, 0.1) is 17.7 Å². The highest BCUT2D eigenvalue weighted by molar-refractivity contribution is 5.77. The lowest BCUT2D eigenvalue weighted by molar-refractivity contribution is 0.0711. The van der Waals surface area contributed by atoms with Gasteiger partial charge in [-0.3, -0.25) is 0 Å². The predicted octanol–water partition coefficient (Wildman–Crippen LogP) is 4.04. The van der Waals surface area contributed by atoms with Crippen molar-refractivity contribution in [2.45, 2.75) is 32.3 Å². The Hall–Kier alpha value is -1.35. The Bertz CT molecular complexity index is 561. The van der Waals surface area contributed by atoms with Gasteiger partial charge in [0, 0.05) is 5.39 Å². The van der Waals surface area contributed by atoms with Crippen molar-refractivity contribution in [2.24, 2.45) is 11.8 Å². The highest BCUT2D eigenvalue weighted by Gasteiger charge is 2.32. The van der Waals surface area contributed by atoms with Gasteiger partial charge in [-0.15, -0.1) is 0 Å². The first-order chi connectivity index (χ1) is 8.65. The summed E-state index contributed by atoms with van der Waals surface area (Å²) in [5, 5.41) is 11.1. The van der Waals surface area contributed by atoms with Gasteiger partial charge in [0.05, 0.1) is 0 Å². The molecule has 0 radical (unpaired) electrons. The first-order valence-corrected chi connectivity index (χ1v) is 6.52. The summed E-state index contributed by atoms with van der Waals surface area (Å²) in [4.78, 5) is 0. The van der Waals surface area contributed by atoms with E-state index in [1.807, 2.05) is 0 Å². The van der Waals surface area contributed by atoms with Crippen molar-refractivity contribution in [3.8, 4) is 0 Å². The van der Waals surface area contributed by atoms with Crippen LogP contribution in [0.15, 0.2) is 28.7 Å².